The first-order valence-electron chi connectivity index (χ1n) is 7.75. The van der Waals surface area contributed by atoms with Crippen LogP contribution >= 0.6 is 0 Å². The Balaban J connectivity index is 1.52. The lowest BCUT2D eigenvalue weighted by molar-refractivity contribution is -0.122. The Morgan fingerprint density at radius 2 is 1.83 bits per heavy atom. The predicted octanol–water partition coefficient (Wildman–Crippen LogP) is 2.73. The monoisotopic (exact) mass is 322 g/mol. The maximum absolute atomic E-state index is 12.1. The zero-order valence-corrected chi connectivity index (χ0v) is 13.3. The van der Waals surface area contributed by atoms with E-state index in [1.54, 1.807) is 30.5 Å². The van der Waals surface area contributed by atoms with Crippen LogP contribution in [-0.4, -0.2) is 25.2 Å². The molecule has 2 atom stereocenters. The van der Waals surface area contributed by atoms with Crippen molar-refractivity contribution in [1.29, 1.82) is 0 Å². The normalized spacial score (nSPS) is 19.0. The molecule has 0 spiro atoms. The van der Waals surface area contributed by atoms with Crippen molar-refractivity contribution < 1.29 is 14.3 Å². The molecule has 0 aromatic heterocycles. The van der Waals surface area contributed by atoms with Crippen LogP contribution in [0, 0.1) is 5.92 Å². The van der Waals surface area contributed by atoms with Crippen molar-refractivity contribution in [2.75, 3.05) is 7.11 Å². The number of esters is 1. The molecule has 0 aliphatic heterocycles. The van der Waals surface area contributed by atoms with Crippen LogP contribution in [-0.2, 0) is 9.53 Å². The average molecular weight is 322 g/mol. The topological polar surface area (TPSA) is 67.8 Å². The molecule has 2 aromatic rings. The van der Waals surface area contributed by atoms with Crippen LogP contribution in [0.4, 0.5) is 0 Å². The largest absolute Gasteiger partial charge is 0.465 e. The number of amides is 1. The Kier molecular flexibility index (Phi) is 4.70. The summed E-state index contributed by atoms with van der Waals surface area (Å²) in [5.41, 5.74) is 5.04. The lowest BCUT2D eigenvalue weighted by atomic mass is 10.1. The molecular formula is C19H18N2O3. The van der Waals surface area contributed by atoms with Crippen LogP contribution in [0.5, 0.6) is 0 Å². The standard InChI is InChI=1S/C19H18N2O3/c1-24-19(23)15-9-7-13(8-10-15)12-20-21-18(22)17-11-16(17)14-5-3-2-4-6-14/h2-10,12,16-17H,11H2,1H3,(H,21,22)/b20-12-/t16-,17+/m0/s1. The van der Waals surface area contributed by atoms with Gasteiger partial charge in [0.25, 0.3) is 0 Å². The quantitative estimate of drug-likeness (QED) is 0.523. The highest BCUT2D eigenvalue weighted by atomic mass is 16.5. The molecule has 3 rings (SSSR count). The Bertz CT molecular complexity index is 754. The van der Waals surface area contributed by atoms with Crippen molar-refractivity contribution in [2.24, 2.45) is 11.0 Å². The van der Waals surface area contributed by atoms with Gasteiger partial charge in [-0.1, -0.05) is 42.5 Å². The molecule has 24 heavy (non-hydrogen) atoms. The lowest BCUT2D eigenvalue weighted by Crippen LogP contribution is -2.20. The van der Waals surface area contributed by atoms with Gasteiger partial charge in [0.05, 0.1) is 18.9 Å². The Morgan fingerprint density at radius 1 is 1.12 bits per heavy atom. The molecule has 1 aliphatic carbocycles. The Labute approximate surface area is 140 Å². The lowest BCUT2D eigenvalue weighted by Gasteiger charge is -2.01. The zero-order chi connectivity index (χ0) is 16.9. The second-order valence-corrected chi connectivity index (χ2v) is 5.71. The highest BCUT2D eigenvalue weighted by Gasteiger charge is 2.43. The second-order valence-electron chi connectivity index (χ2n) is 5.71. The summed E-state index contributed by atoms with van der Waals surface area (Å²) in [5.74, 6) is -0.161. The van der Waals surface area contributed by atoms with Crippen molar-refractivity contribution in [3.05, 3.63) is 71.3 Å². The number of carbonyl (C=O) groups is 2. The van der Waals surface area contributed by atoms with Gasteiger partial charge in [-0.05, 0) is 35.6 Å². The number of ether oxygens (including phenoxy) is 1. The Morgan fingerprint density at radius 3 is 2.50 bits per heavy atom. The fourth-order valence-corrected chi connectivity index (χ4v) is 2.63. The summed E-state index contributed by atoms with van der Waals surface area (Å²) in [4.78, 5) is 23.4. The summed E-state index contributed by atoms with van der Waals surface area (Å²) in [6.45, 7) is 0. The Hall–Kier alpha value is -2.95. The van der Waals surface area contributed by atoms with Gasteiger partial charge in [0.2, 0.25) is 5.91 Å². The van der Waals surface area contributed by atoms with E-state index >= 15 is 0 Å². The van der Waals surface area contributed by atoms with Gasteiger partial charge in [0.1, 0.15) is 0 Å². The molecule has 0 bridgehead atoms. The van der Waals surface area contributed by atoms with E-state index in [1.807, 2.05) is 30.3 Å². The minimum Gasteiger partial charge on any atom is -0.465 e. The van der Waals surface area contributed by atoms with E-state index in [0.717, 1.165) is 12.0 Å². The summed E-state index contributed by atoms with van der Waals surface area (Å²) < 4.78 is 4.64. The molecule has 1 fully saturated rings. The van der Waals surface area contributed by atoms with Gasteiger partial charge in [-0.2, -0.15) is 5.10 Å². The molecule has 1 saturated carbocycles. The highest BCUT2D eigenvalue weighted by molar-refractivity contribution is 5.91. The number of benzene rings is 2. The number of rotatable bonds is 5. The van der Waals surface area contributed by atoms with Crippen molar-refractivity contribution in [3.8, 4) is 0 Å². The summed E-state index contributed by atoms with van der Waals surface area (Å²) in [5, 5.41) is 3.98. The molecule has 0 heterocycles. The number of methoxy groups -OCH3 is 1. The third-order valence-corrected chi connectivity index (χ3v) is 4.08. The minimum absolute atomic E-state index is 0.00810. The molecule has 1 N–H and O–H groups in total. The number of hydrogen-bond acceptors (Lipinski definition) is 4. The van der Waals surface area contributed by atoms with Gasteiger partial charge < -0.3 is 4.74 Å². The molecule has 0 saturated heterocycles. The van der Waals surface area contributed by atoms with Crippen molar-refractivity contribution in [1.82, 2.24) is 5.43 Å². The number of nitrogens with zero attached hydrogens (tertiary/aromatic N) is 1. The second kappa shape index (κ2) is 7.08. The molecular weight excluding hydrogens is 304 g/mol. The van der Waals surface area contributed by atoms with E-state index in [-0.39, 0.29) is 17.8 Å². The fraction of sp³-hybridized carbons (Fsp3) is 0.211. The van der Waals surface area contributed by atoms with Gasteiger partial charge in [-0.25, -0.2) is 10.2 Å². The fourth-order valence-electron chi connectivity index (χ4n) is 2.63. The van der Waals surface area contributed by atoms with Crippen LogP contribution in [0.15, 0.2) is 59.7 Å². The maximum Gasteiger partial charge on any atom is 0.337 e. The maximum atomic E-state index is 12.1. The third-order valence-electron chi connectivity index (χ3n) is 4.08. The molecule has 5 heteroatoms. The number of hydrazone groups is 1. The number of nitrogens with one attached hydrogen (secondary N) is 1. The van der Waals surface area contributed by atoms with Crippen molar-refractivity contribution in [3.63, 3.8) is 0 Å². The summed E-state index contributed by atoms with van der Waals surface area (Å²) in [6.07, 6.45) is 2.41. The van der Waals surface area contributed by atoms with E-state index in [4.69, 9.17) is 0 Å². The smallest absolute Gasteiger partial charge is 0.337 e. The molecule has 0 unspecified atom stereocenters. The zero-order valence-electron chi connectivity index (χ0n) is 13.3. The predicted molar refractivity (Wildman–Crippen MR) is 90.8 cm³/mol. The van der Waals surface area contributed by atoms with E-state index < -0.39 is 0 Å². The first-order valence-corrected chi connectivity index (χ1v) is 7.75. The average Bonchev–Trinajstić information content (AvgIpc) is 3.43. The van der Waals surface area contributed by atoms with E-state index in [0.29, 0.717) is 11.5 Å². The molecule has 1 amide bonds. The van der Waals surface area contributed by atoms with Gasteiger partial charge in [-0.3, -0.25) is 4.79 Å². The summed E-state index contributed by atoms with van der Waals surface area (Å²) >= 11 is 0. The summed E-state index contributed by atoms with van der Waals surface area (Å²) in [6, 6.07) is 16.8. The minimum atomic E-state index is -0.382. The molecule has 0 radical (unpaired) electrons. The van der Waals surface area contributed by atoms with Crippen molar-refractivity contribution in [2.45, 2.75) is 12.3 Å². The summed E-state index contributed by atoms with van der Waals surface area (Å²) in [7, 11) is 1.34. The molecule has 1 aliphatic rings. The SMILES string of the molecule is COC(=O)c1ccc(/C=N\NC(=O)[C@@H]2C[C@H]2c2ccccc2)cc1. The molecule has 5 nitrogen and oxygen atoms in total. The van der Waals surface area contributed by atoms with Crippen LogP contribution in [0.2, 0.25) is 0 Å². The van der Waals surface area contributed by atoms with Crippen LogP contribution in [0.1, 0.15) is 33.8 Å². The van der Waals surface area contributed by atoms with Crippen molar-refractivity contribution >= 4 is 18.1 Å². The first-order chi connectivity index (χ1) is 11.7. The van der Waals surface area contributed by atoms with Crippen LogP contribution in [0.3, 0.4) is 0 Å². The van der Waals surface area contributed by atoms with E-state index in [2.05, 4.69) is 15.3 Å². The molecule has 122 valence electrons. The van der Waals surface area contributed by atoms with Gasteiger partial charge >= 0.3 is 5.97 Å². The van der Waals surface area contributed by atoms with Gasteiger partial charge in [-0.15, -0.1) is 0 Å². The number of hydrogen-bond donors (Lipinski definition) is 1. The van der Waals surface area contributed by atoms with E-state index in [1.165, 1.54) is 12.7 Å². The highest BCUT2D eigenvalue weighted by Crippen LogP contribution is 2.47. The van der Waals surface area contributed by atoms with Gasteiger partial charge in [0, 0.05) is 5.92 Å². The van der Waals surface area contributed by atoms with Crippen LogP contribution in [0.25, 0.3) is 0 Å². The molecule has 2 aromatic carbocycles. The van der Waals surface area contributed by atoms with Gasteiger partial charge in [0.15, 0.2) is 0 Å². The van der Waals surface area contributed by atoms with E-state index in [9.17, 15) is 9.59 Å². The number of carbonyl (C=O) groups excluding carboxylic acids is 2. The van der Waals surface area contributed by atoms with Crippen LogP contribution < -0.4 is 5.43 Å². The third kappa shape index (κ3) is 3.68. The first kappa shape index (κ1) is 15.9.